The number of nitrogens with zero attached hydrogens (tertiary/aromatic N) is 3. The first-order valence-corrected chi connectivity index (χ1v) is 7.88. The number of nitro groups is 1. The van der Waals surface area contributed by atoms with Crippen molar-refractivity contribution >= 4 is 23.1 Å². The molecule has 0 unspecified atom stereocenters. The molecule has 0 bridgehead atoms. The molecule has 0 aliphatic rings. The Kier molecular flexibility index (Phi) is 5.23. The molecular weight excluding hydrogens is 334 g/mol. The van der Waals surface area contributed by atoms with Gasteiger partial charge in [0.05, 0.1) is 4.92 Å². The highest BCUT2D eigenvalue weighted by molar-refractivity contribution is 5.60. The van der Waals surface area contributed by atoms with Crippen molar-refractivity contribution in [3.63, 3.8) is 0 Å². The second-order valence-electron chi connectivity index (χ2n) is 5.36. The lowest BCUT2D eigenvalue weighted by Crippen LogP contribution is -2.04. The van der Waals surface area contributed by atoms with Crippen molar-refractivity contribution in [3.05, 3.63) is 76.5 Å². The van der Waals surface area contributed by atoms with E-state index < -0.39 is 4.92 Å². The van der Waals surface area contributed by atoms with Gasteiger partial charge in [-0.1, -0.05) is 30.3 Å². The molecule has 0 atom stereocenters. The third-order valence-electron chi connectivity index (χ3n) is 3.56. The first-order valence-electron chi connectivity index (χ1n) is 7.88. The molecule has 0 spiro atoms. The number of aromatic nitrogens is 2. The highest BCUT2D eigenvalue weighted by Crippen LogP contribution is 2.24. The molecule has 8 heteroatoms. The average Bonchev–Trinajstić information content (AvgIpc) is 2.68. The predicted molar refractivity (Wildman–Crippen MR) is 98.7 cm³/mol. The molecule has 2 aromatic carbocycles. The number of rotatable bonds is 7. The minimum absolute atomic E-state index is 0.148. The van der Waals surface area contributed by atoms with Gasteiger partial charge in [0.15, 0.2) is 0 Å². The van der Waals surface area contributed by atoms with Crippen LogP contribution in [0.3, 0.4) is 0 Å². The molecule has 0 aliphatic heterocycles. The molecule has 132 valence electrons. The van der Waals surface area contributed by atoms with E-state index in [2.05, 4.69) is 20.6 Å². The molecule has 1 aromatic heterocycles. The molecule has 0 radical (unpaired) electrons. The summed E-state index contributed by atoms with van der Waals surface area (Å²) in [5.74, 6) is 1.15. The number of anilines is 3. The van der Waals surface area contributed by atoms with Gasteiger partial charge in [0.25, 0.3) is 0 Å². The van der Waals surface area contributed by atoms with E-state index in [-0.39, 0.29) is 17.5 Å². The maximum Gasteiger partial charge on any atom is 0.329 e. The fourth-order valence-electron chi connectivity index (χ4n) is 2.26. The molecule has 0 aliphatic carbocycles. The third-order valence-corrected chi connectivity index (χ3v) is 3.56. The van der Waals surface area contributed by atoms with E-state index >= 15 is 0 Å². The Labute approximate surface area is 150 Å². The van der Waals surface area contributed by atoms with E-state index in [9.17, 15) is 10.1 Å². The fourth-order valence-corrected chi connectivity index (χ4v) is 2.26. The van der Waals surface area contributed by atoms with Gasteiger partial charge in [-0.2, -0.15) is 4.98 Å². The standard InChI is InChI=1S/C18H17N5O3/c1-19-17-16(23(24)25)11-20-18(22-17)21-14-7-9-15(10-8-14)26-12-13-5-3-2-4-6-13/h2-11H,12H2,1H3,(H2,19,20,21,22). The van der Waals surface area contributed by atoms with Gasteiger partial charge < -0.3 is 15.4 Å². The van der Waals surface area contributed by atoms with Gasteiger partial charge >= 0.3 is 5.69 Å². The van der Waals surface area contributed by atoms with Crippen molar-refractivity contribution in [2.75, 3.05) is 17.7 Å². The molecule has 1 heterocycles. The average molecular weight is 351 g/mol. The summed E-state index contributed by atoms with van der Waals surface area (Å²) in [7, 11) is 1.57. The highest BCUT2D eigenvalue weighted by Gasteiger charge is 2.15. The summed E-state index contributed by atoms with van der Waals surface area (Å²) in [6.07, 6.45) is 1.17. The van der Waals surface area contributed by atoms with Gasteiger partial charge in [0, 0.05) is 12.7 Å². The zero-order valence-electron chi connectivity index (χ0n) is 14.0. The van der Waals surface area contributed by atoms with Crippen LogP contribution in [-0.2, 0) is 6.61 Å². The molecule has 8 nitrogen and oxygen atoms in total. The number of benzene rings is 2. The summed E-state index contributed by atoms with van der Waals surface area (Å²) < 4.78 is 5.73. The fraction of sp³-hybridized carbons (Fsp3) is 0.111. The lowest BCUT2D eigenvalue weighted by atomic mass is 10.2. The minimum Gasteiger partial charge on any atom is -0.489 e. The van der Waals surface area contributed by atoms with Crippen LogP contribution in [0.4, 0.5) is 23.1 Å². The maximum atomic E-state index is 10.9. The van der Waals surface area contributed by atoms with Crippen LogP contribution in [0, 0.1) is 10.1 Å². The first-order chi connectivity index (χ1) is 12.7. The molecule has 3 rings (SSSR count). The van der Waals surface area contributed by atoms with Gasteiger partial charge in [-0.15, -0.1) is 0 Å². The van der Waals surface area contributed by atoms with Crippen LogP contribution < -0.4 is 15.4 Å². The molecular formula is C18H17N5O3. The minimum atomic E-state index is -0.533. The van der Waals surface area contributed by atoms with Crippen molar-refractivity contribution in [1.29, 1.82) is 0 Å². The number of hydrogen-bond donors (Lipinski definition) is 2. The van der Waals surface area contributed by atoms with Crippen LogP contribution >= 0.6 is 0 Å². The summed E-state index contributed by atoms with van der Waals surface area (Å²) in [4.78, 5) is 18.4. The molecule has 0 amide bonds. The van der Waals surface area contributed by atoms with Crippen molar-refractivity contribution in [3.8, 4) is 5.75 Å². The Hall–Kier alpha value is -3.68. The van der Waals surface area contributed by atoms with Gasteiger partial charge in [0.1, 0.15) is 18.6 Å². The maximum absolute atomic E-state index is 10.9. The predicted octanol–water partition coefficient (Wildman–Crippen LogP) is 3.75. The topological polar surface area (TPSA) is 102 Å². The van der Waals surface area contributed by atoms with Crippen LogP contribution in [0.1, 0.15) is 5.56 Å². The highest BCUT2D eigenvalue weighted by atomic mass is 16.6. The number of ether oxygens (including phenoxy) is 1. The zero-order valence-corrected chi connectivity index (χ0v) is 14.0. The summed E-state index contributed by atoms with van der Waals surface area (Å²) in [6, 6.07) is 17.2. The van der Waals surface area contributed by atoms with Crippen molar-refractivity contribution in [1.82, 2.24) is 9.97 Å². The second-order valence-corrected chi connectivity index (χ2v) is 5.36. The smallest absolute Gasteiger partial charge is 0.329 e. The quantitative estimate of drug-likeness (QED) is 0.493. The Balaban J connectivity index is 1.65. The number of hydrogen-bond acceptors (Lipinski definition) is 7. The first kappa shape index (κ1) is 17.2. The molecule has 0 fully saturated rings. The van der Waals surface area contributed by atoms with E-state index in [0.29, 0.717) is 6.61 Å². The van der Waals surface area contributed by atoms with E-state index in [1.165, 1.54) is 6.20 Å². The van der Waals surface area contributed by atoms with Crippen LogP contribution in [0.2, 0.25) is 0 Å². The largest absolute Gasteiger partial charge is 0.489 e. The molecule has 0 saturated heterocycles. The van der Waals surface area contributed by atoms with E-state index in [1.807, 2.05) is 54.6 Å². The molecule has 3 aromatic rings. The van der Waals surface area contributed by atoms with Crippen LogP contribution in [0.25, 0.3) is 0 Å². The lowest BCUT2D eigenvalue weighted by Gasteiger charge is -2.09. The van der Waals surface area contributed by atoms with Crippen molar-refractivity contribution in [2.24, 2.45) is 0 Å². The van der Waals surface area contributed by atoms with Crippen LogP contribution in [-0.4, -0.2) is 21.9 Å². The molecule has 0 saturated carbocycles. The third kappa shape index (κ3) is 4.23. The lowest BCUT2D eigenvalue weighted by molar-refractivity contribution is -0.384. The van der Waals surface area contributed by atoms with Crippen LogP contribution in [0.15, 0.2) is 60.8 Å². The monoisotopic (exact) mass is 351 g/mol. The van der Waals surface area contributed by atoms with Crippen molar-refractivity contribution < 1.29 is 9.66 Å². The Bertz CT molecular complexity index is 885. The number of nitrogens with one attached hydrogen (secondary N) is 2. The SMILES string of the molecule is CNc1nc(Nc2ccc(OCc3ccccc3)cc2)ncc1[N+](=O)[O-]. The van der Waals surface area contributed by atoms with Gasteiger partial charge in [-0.3, -0.25) is 10.1 Å². The molecule has 2 N–H and O–H groups in total. The molecule has 26 heavy (non-hydrogen) atoms. The Morgan fingerprint density at radius 2 is 1.85 bits per heavy atom. The summed E-state index contributed by atoms with van der Waals surface area (Å²) in [5, 5.41) is 16.6. The Morgan fingerprint density at radius 1 is 1.12 bits per heavy atom. The van der Waals surface area contributed by atoms with Gasteiger partial charge in [-0.25, -0.2) is 4.98 Å². The summed E-state index contributed by atoms with van der Waals surface area (Å²) >= 11 is 0. The van der Waals surface area contributed by atoms with E-state index in [1.54, 1.807) is 7.05 Å². The Morgan fingerprint density at radius 3 is 2.50 bits per heavy atom. The zero-order chi connectivity index (χ0) is 18.4. The summed E-state index contributed by atoms with van der Waals surface area (Å²) in [5.41, 5.74) is 1.66. The second kappa shape index (κ2) is 7.93. The van der Waals surface area contributed by atoms with Gasteiger partial charge in [0.2, 0.25) is 11.8 Å². The van der Waals surface area contributed by atoms with E-state index in [4.69, 9.17) is 4.74 Å². The van der Waals surface area contributed by atoms with Gasteiger partial charge in [-0.05, 0) is 29.8 Å². The normalized spacial score (nSPS) is 10.2. The van der Waals surface area contributed by atoms with Crippen LogP contribution in [0.5, 0.6) is 5.75 Å². The van der Waals surface area contributed by atoms with Crippen molar-refractivity contribution in [2.45, 2.75) is 6.61 Å². The van der Waals surface area contributed by atoms with E-state index in [0.717, 1.165) is 17.0 Å². The summed E-state index contributed by atoms with van der Waals surface area (Å²) in [6.45, 7) is 0.491.